The number of unbranched alkanes of at least 4 members (excludes halogenated alkanes) is 15. The molecule has 2 heteroatoms. The van der Waals surface area contributed by atoms with Crippen molar-refractivity contribution in [2.24, 2.45) is 0 Å². The van der Waals surface area contributed by atoms with Crippen molar-refractivity contribution in [3.63, 3.8) is 0 Å². The van der Waals surface area contributed by atoms with Crippen LogP contribution in [0.2, 0.25) is 0 Å². The van der Waals surface area contributed by atoms with Crippen LogP contribution in [0.25, 0.3) is 0 Å². The molecule has 30 heavy (non-hydrogen) atoms. The van der Waals surface area contributed by atoms with Crippen molar-refractivity contribution in [3.05, 3.63) is 35.9 Å². The van der Waals surface area contributed by atoms with Gasteiger partial charge in [-0.15, -0.1) is 0 Å². The zero-order chi connectivity index (χ0) is 21.0. The molecule has 1 aromatic rings. The number of halogens is 1. The Balaban J connectivity index is 0.00000841. The van der Waals surface area contributed by atoms with Gasteiger partial charge in [-0.3, -0.25) is 0 Å². The quantitative estimate of drug-likeness (QED) is 0.160. The summed E-state index contributed by atoms with van der Waals surface area (Å²) in [5, 5.41) is 0. The summed E-state index contributed by atoms with van der Waals surface area (Å²) in [5.41, 5.74) is 1.48. The van der Waals surface area contributed by atoms with Crippen LogP contribution in [-0.2, 0) is 6.54 Å². The van der Waals surface area contributed by atoms with Crippen LogP contribution in [-0.4, -0.2) is 24.6 Å². The maximum absolute atomic E-state index is 2.43. The Bertz CT molecular complexity index is 461. The van der Waals surface area contributed by atoms with Gasteiger partial charge in [0.2, 0.25) is 0 Å². The Kier molecular flexibility index (Phi) is 20.3. The summed E-state index contributed by atoms with van der Waals surface area (Å²) in [7, 11) is 2.43. The van der Waals surface area contributed by atoms with E-state index < -0.39 is 0 Å². The third-order valence-corrected chi connectivity index (χ3v) is 6.72. The lowest BCUT2D eigenvalue weighted by molar-refractivity contribution is -0.921. The molecule has 176 valence electrons. The van der Waals surface area contributed by atoms with Crippen LogP contribution in [0.3, 0.4) is 0 Å². The van der Waals surface area contributed by atoms with Crippen LogP contribution in [0.1, 0.15) is 122 Å². The van der Waals surface area contributed by atoms with E-state index in [0.717, 1.165) is 0 Å². The molecule has 1 aromatic carbocycles. The Morgan fingerprint density at radius 1 is 0.567 bits per heavy atom. The van der Waals surface area contributed by atoms with Crippen LogP contribution in [0.15, 0.2) is 30.3 Å². The number of hydrogen-bond acceptors (Lipinski definition) is 0. The van der Waals surface area contributed by atoms with E-state index in [0.29, 0.717) is 0 Å². The third kappa shape index (κ3) is 16.4. The molecule has 0 saturated carbocycles. The van der Waals surface area contributed by atoms with Gasteiger partial charge < -0.3 is 21.5 Å². The van der Waals surface area contributed by atoms with E-state index in [1.807, 2.05) is 0 Å². The number of hydrogen-bond donors (Lipinski definition) is 0. The van der Waals surface area contributed by atoms with E-state index in [-0.39, 0.29) is 17.0 Å². The summed E-state index contributed by atoms with van der Waals surface area (Å²) in [4.78, 5) is 0. The topological polar surface area (TPSA) is 0 Å². The van der Waals surface area contributed by atoms with Gasteiger partial charge in [-0.2, -0.15) is 0 Å². The minimum atomic E-state index is 0. The fraction of sp³-hybridized carbons (Fsp3) is 0.786. The van der Waals surface area contributed by atoms with Gasteiger partial charge in [0.15, 0.2) is 0 Å². The van der Waals surface area contributed by atoms with E-state index in [4.69, 9.17) is 0 Å². The van der Waals surface area contributed by atoms with Gasteiger partial charge in [-0.25, -0.2) is 0 Å². The normalized spacial score (nSPS) is 13.0. The van der Waals surface area contributed by atoms with Crippen molar-refractivity contribution in [2.75, 3.05) is 20.1 Å². The lowest BCUT2D eigenvalue weighted by atomic mass is 10.0. The number of rotatable bonds is 20. The van der Waals surface area contributed by atoms with Crippen molar-refractivity contribution in [1.29, 1.82) is 0 Å². The molecule has 0 fully saturated rings. The highest BCUT2D eigenvalue weighted by Gasteiger charge is 2.18. The molecule has 0 saturated heterocycles. The van der Waals surface area contributed by atoms with Crippen molar-refractivity contribution in [2.45, 2.75) is 123 Å². The lowest BCUT2D eigenvalue weighted by Crippen LogP contribution is -3.00. The second-order valence-corrected chi connectivity index (χ2v) is 9.61. The molecular formula is C28H52BrN. The van der Waals surface area contributed by atoms with Crippen molar-refractivity contribution in [3.8, 4) is 0 Å². The van der Waals surface area contributed by atoms with Gasteiger partial charge in [-0.1, -0.05) is 127 Å². The predicted molar refractivity (Wildman–Crippen MR) is 131 cm³/mol. The molecule has 0 amide bonds. The van der Waals surface area contributed by atoms with E-state index in [9.17, 15) is 0 Å². The largest absolute Gasteiger partial charge is 1.00 e. The van der Waals surface area contributed by atoms with E-state index >= 15 is 0 Å². The standard InChI is InChI=1S/C28H52N.BrH/c1-4-6-7-8-9-10-11-12-13-14-15-16-17-18-19-23-26-29(3,5-2)27-28-24-21-20-22-25-28;/h20-22,24-25H,4-19,23,26-27H2,1-3H3;1H/q+1;/p-1. The molecule has 0 aromatic heterocycles. The average Bonchev–Trinajstić information content (AvgIpc) is 2.74. The van der Waals surface area contributed by atoms with Crippen LogP contribution >= 0.6 is 0 Å². The maximum atomic E-state index is 2.43. The van der Waals surface area contributed by atoms with Crippen LogP contribution in [0.5, 0.6) is 0 Å². The molecule has 0 aliphatic carbocycles. The summed E-state index contributed by atoms with van der Waals surface area (Å²) >= 11 is 0. The Morgan fingerprint density at radius 2 is 0.967 bits per heavy atom. The molecule has 1 unspecified atom stereocenters. The fourth-order valence-corrected chi connectivity index (χ4v) is 4.41. The van der Waals surface area contributed by atoms with E-state index in [1.165, 1.54) is 132 Å². The summed E-state index contributed by atoms with van der Waals surface area (Å²) < 4.78 is 1.18. The van der Waals surface area contributed by atoms with Gasteiger partial charge in [0.25, 0.3) is 0 Å². The van der Waals surface area contributed by atoms with Gasteiger partial charge in [0.1, 0.15) is 6.54 Å². The first-order valence-corrected chi connectivity index (χ1v) is 13.1. The van der Waals surface area contributed by atoms with Crippen LogP contribution < -0.4 is 17.0 Å². The first kappa shape index (κ1) is 29.7. The molecule has 0 aliphatic heterocycles. The molecule has 0 bridgehead atoms. The first-order chi connectivity index (χ1) is 14.2. The smallest absolute Gasteiger partial charge is 0.104 e. The SMILES string of the molecule is CCCCCCCCCCCCCCCCCC[N+](C)(CC)Cc1ccccc1.[Br-]. The Hall–Kier alpha value is -0.340. The summed E-state index contributed by atoms with van der Waals surface area (Å²) in [6, 6.07) is 11.0. The maximum Gasteiger partial charge on any atom is 0.104 e. The third-order valence-electron chi connectivity index (χ3n) is 6.72. The molecule has 0 radical (unpaired) electrons. The van der Waals surface area contributed by atoms with Gasteiger partial charge in [-0.05, 0) is 19.8 Å². The van der Waals surface area contributed by atoms with Crippen molar-refractivity contribution in [1.82, 2.24) is 0 Å². The van der Waals surface area contributed by atoms with Crippen molar-refractivity contribution >= 4 is 0 Å². The summed E-state index contributed by atoms with van der Waals surface area (Å²) in [6.45, 7) is 8.37. The number of nitrogens with zero attached hydrogens (tertiary/aromatic N) is 1. The highest BCUT2D eigenvalue weighted by molar-refractivity contribution is 5.13. The number of benzene rings is 1. The summed E-state index contributed by atoms with van der Waals surface area (Å²) in [5.74, 6) is 0. The minimum absolute atomic E-state index is 0. The Morgan fingerprint density at radius 3 is 1.37 bits per heavy atom. The average molecular weight is 483 g/mol. The van der Waals surface area contributed by atoms with Crippen LogP contribution in [0, 0.1) is 0 Å². The molecule has 0 heterocycles. The molecule has 0 N–H and O–H groups in total. The fourth-order valence-electron chi connectivity index (χ4n) is 4.41. The predicted octanol–water partition coefficient (Wildman–Crippen LogP) is 5.92. The van der Waals surface area contributed by atoms with E-state index in [2.05, 4.69) is 51.2 Å². The molecule has 0 aliphatic rings. The Labute approximate surface area is 200 Å². The molecule has 1 rings (SSSR count). The van der Waals surface area contributed by atoms with Crippen LogP contribution in [0.4, 0.5) is 0 Å². The van der Waals surface area contributed by atoms with Gasteiger partial charge in [0, 0.05) is 5.56 Å². The molecule has 0 spiro atoms. The zero-order valence-electron chi connectivity index (χ0n) is 20.6. The number of quaternary nitrogens is 1. The molecular weight excluding hydrogens is 430 g/mol. The highest BCUT2D eigenvalue weighted by atomic mass is 79.9. The van der Waals surface area contributed by atoms with Crippen molar-refractivity contribution < 1.29 is 21.5 Å². The van der Waals surface area contributed by atoms with Gasteiger partial charge >= 0.3 is 0 Å². The van der Waals surface area contributed by atoms with E-state index in [1.54, 1.807) is 0 Å². The van der Waals surface area contributed by atoms with Gasteiger partial charge in [0.05, 0.1) is 20.1 Å². The highest BCUT2D eigenvalue weighted by Crippen LogP contribution is 2.16. The summed E-state index contributed by atoms with van der Waals surface area (Å²) in [6.07, 6.45) is 23.2. The zero-order valence-corrected chi connectivity index (χ0v) is 22.2. The molecule has 1 nitrogen and oxygen atoms in total. The molecule has 1 atom stereocenters. The minimum Gasteiger partial charge on any atom is -1.00 e. The monoisotopic (exact) mass is 481 g/mol. The lowest BCUT2D eigenvalue weighted by Gasteiger charge is -2.33. The second-order valence-electron chi connectivity index (χ2n) is 9.61. The second kappa shape index (κ2) is 20.6. The first-order valence-electron chi connectivity index (χ1n) is 13.1.